The highest BCUT2D eigenvalue weighted by atomic mass is 32.2. The highest BCUT2D eigenvalue weighted by Gasteiger charge is 2.38. The maximum Gasteiger partial charge on any atom is 0.407 e. The quantitative estimate of drug-likeness (QED) is 0.0734. The molecule has 0 saturated heterocycles. The molecule has 7 rings (SSSR count). The van der Waals surface area contributed by atoms with E-state index in [4.69, 9.17) is 24.0 Å². The number of imidazole rings is 1. The fraction of sp³-hybridized carbons (Fsp3) is 0.283. The molecule has 0 unspecified atom stereocenters. The van der Waals surface area contributed by atoms with E-state index in [-0.39, 0.29) is 56.1 Å². The molecule has 5 aromatic carbocycles. The summed E-state index contributed by atoms with van der Waals surface area (Å²) in [6, 6.07) is 29.2. The Kier molecular flexibility index (Phi) is 14.4. The number of fused-ring (bicyclic) bond motifs is 1. The summed E-state index contributed by atoms with van der Waals surface area (Å²) in [6.45, 7) is 4.86. The van der Waals surface area contributed by atoms with Crippen LogP contribution in [-0.2, 0) is 44.4 Å². The van der Waals surface area contributed by atoms with Crippen molar-refractivity contribution < 1.29 is 40.6 Å². The van der Waals surface area contributed by atoms with Gasteiger partial charge in [0.1, 0.15) is 32.6 Å². The van der Waals surface area contributed by atoms with Gasteiger partial charge in [0.15, 0.2) is 0 Å². The Morgan fingerprint density at radius 2 is 1.33 bits per heavy atom. The number of methoxy groups -OCH3 is 3. The Hall–Kier alpha value is -6.87. The number of aromatic nitrogens is 6. The number of carbonyl (C=O) groups is 1. The number of hydrogen-bond acceptors (Lipinski definition) is 13. The third-order valence-corrected chi connectivity index (χ3v) is 13.8. The second kappa shape index (κ2) is 20.1. The van der Waals surface area contributed by atoms with E-state index in [1.165, 1.54) is 41.8 Å². The molecule has 0 aliphatic rings. The Bertz CT molecular complexity index is 2960. The molecule has 0 spiro atoms. The molecule has 2 heterocycles. The number of rotatable bonds is 19. The number of H-pyrrole nitrogens is 1. The van der Waals surface area contributed by atoms with Crippen molar-refractivity contribution in [3.05, 3.63) is 126 Å². The first-order valence-corrected chi connectivity index (χ1v) is 23.7. The fourth-order valence-corrected chi connectivity index (χ4v) is 10.6. The van der Waals surface area contributed by atoms with Gasteiger partial charge in [0.05, 0.1) is 50.8 Å². The van der Waals surface area contributed by atoms with Crippen molar-refractivity contribution in [2.45, 2.75) is 62.2 Å². The van der Waals surface area contributed by atoms with E-state index in [0.717, 1.165) is 5.56 Å². The van der Waals surface area contributed by atoms with E-state index in [1.54, 1.807) is 101 Å². The topological polar surface area (TPSA) is 222 Å². The fourth-order valence-electron chi connectivity index (χ4n) is 7.07. The zero-order valence-electron chi connectivity index (χ0n) is 37.3. The molecule has 66 heavy (non-hydrogen) atoms. The first-order valence-electron chi connectivity index (χ1n) is 20.8. The molecule has 0 aliphatic heterocycles. The third kappa shape index (κ3) is 11.1. The maximum atomic E-state index is 16.0. The number of aromatic amines is 1. The summed E-state index contributed by atoms with van der Waals surface area (Å²) in [5, 5.41) is 16.1. The van der Waals surface area contributed by atoms with Gasteiger partial charge in [-0.05, 0) is 103 Å². The highest BCUT2D eigenvalue weighted by molar-refractivity contribution is 7.92. The minimum absolute atomic E-state index is 0.0686. The van der Waals surface area contributed by atoms with Gasteiger partial charge in [0.2, 0.25) is 25.9 Å². The molecule has 7 aromatic rings. The smallest absolute Gasteiger partial charge is 0.407 e. The van der Waals surface area contributed by atoms with E-state index in [1.807, 2.05) is 18.2 Å². The summed E-state index contributed by atoms with van der Waals surface area (Å²) in [5.74, 6) is 1.63. The molecular weight excluding hydrogens is 887 g/mol. The van der Waals surface area contributed by atoms with Gasteiger partial charge in [0.25, 0.3) is 0 Å². The number of amides is 1. The van der Waals surface area contributed by atoms with Gasteiger partial charge in [0, 0.05) is 31.7 Å². The van der Waals surface area contributed by atoms with E-state index in [9.17, 15) is 13.2 Å². The lowest BCUT2D eigenvalue weighted by atomic mass is 9.98. The zero-order valence-corrected chi connectivity index (χ0v) is 38.9. The van der Waals surface area contributed by atoms with Crippen LogP contribution in [0, 0.1) is 0 Å². The molecule has 18 nitrogen and oxygen atoms in total. The molecule has 0 fully saturated rings. The number of nitrogens with one attached hydrogen (secondary N) is 3. The van der Waals surface area contributed by atoms with Gasteiger partial charge in [-0.15, -0.1) is 10.2 Å². The molecule has 1 amide bonds. The molecule has 3 N–H and O–H groups in total. The standard InChI is InChI=1S/C46H51N9O9S2/c1-46(2,3)64-45(56)47-25-8-26-50-65(57,58)40-24-23-37(38-9-7-10-39-42(38)49-30-48-39)41(44-51-53-55(52-44)29-33-15-21-36(63-6)22-16-33)43(40)66(59,60)54(27-31-11-17-34(61-4)18-12-31)28-32-13-19-35(62-5)20-14-32/h7,9-24,30,50H,8,25-29H2,1-6H3,(H,47,56)(H,48,49). The van der Waals surface area contributed by atoms with Gasteiger partial charge < -0.3 is 29.2 Å². The van der Waals surface area contributed by atoms with Crippen LogP contribution in [0.15, 0.2) is 119 Å². The Labute approximate surface area is 383 Å². The minimum Gasteiger partial charge on any atom is -0.497 e. The van der Waals surface area contributed by atoms with Gasteiger partial charge in [-0.2, -0.15) is 9.10 Å². The first-order chi connectivity index (χ1) is 31.6. The normalized spacial score (nSPS) is 12.0. The predicted molar refractivity (Wildman–Crippen MR) is 247 cm³/mol. The number of alkyl carbamates (subject to hydrolysis) is 1. The van der Waals surface area contributed by atoms with Gasteiger partial charge >= 0.3 is 6.09 Å². The van der Waals surface area contributed by atoms with Gasteiger partial charge in [-0.1, -0.05) is 54.6 Å². The molecule has 2 aromatic heterocycles. The summed E-state index contributed by atoms with van der Waals surface area (Å²) in [5.41, 5.74) is 3.04. The Morgan fingerprint density at radius 3 is 1.91 bits per heavy atom. The lowest BCUT2D eigenvalue weighted by Crippen LogP contribution is -2.35. The lowest BCUT2D eigenvalue weighted by Gasteiger charge is -2.26. The third-order valence-electron chi connectivity index (χ3n) is 10.3. The number of carbonyl (C=O) groups excluding carboxylic acids is 1. The Morgan fingerprint density at radius 1 is 0.742 bits per heavy atom. The second-order valence-corrected chi connectivity index (χ2v) is 19.7. The summed E-state index contributed by atoms with van der Waals surface area (Å²) in [4.78, 5) is 20.1. The van der Waals surface area contributed by atoms with Crippen LogP contribution < -0.4 is 24.2 Å². The van der Waals surface area contributed by atoms with E-state index in [0.29, 0.717) is 45.0 Å². The summed E-state index contributed by atoms with van der Waals surface area (Å²) in [7, 11) is -4.93. The SMILES string of the molecule is COc1ccc(CN(Cc2ccc(OC)cc2)S(=O)(=O)c2c(S(=O)(=O)NCCCNC(=O)OC(C)(C)C)ccc(-c3cccc4[nH]cnc34)c2-c2nnn(Cc3ccc(OC)cc3)n2)cc1. The number of ether oxygens (including phenoxy) is 4. The average molecular weight is 938 g/mol. The van der Waals surface area contributed by atoms with Gasteiger partial charge in [-0.25, -0.2) is 31.3 Å². The molecule has 0 bridgehead atoms. The van der Waals surface area contributed by atoms with Crippen LogP contribution in [0.5, 0.6) is 17.2 Å². The number of sulfonamides is 2. The van der Waals surface area contributed by atoms with E-state index >= 15 is 8.42 Å². The highest BCUT2D eigenvalue weighted by Crippen LogP contribution is 2.43. The zero-order chi connectivity index (χ0) is 47.1. The van der Waals surface area contributed by atoms with Crippen molar-refractivity contribution in [1.29, 1.82) is 0 Å². The maximum absolute atomic E-state index is 16.0. The number of hydrogen-bond donors (Lipinski definition) is 3. The van der Waals surface area contributed by atoms with Crippen molar-refractivity contribution >= 4 is 37.2 Å². The van der Waals surface area contributed by atoms with Crippen LogP contribution in [0.2, 0.25) is 0 Å². The predicted octanol–water partition coefficient (Wildman–Crippen LogP) is 6.54. The molecule has 0 atom stereocenters. The average Bonchev–Trinajstić information content (AvgIpc) is 3.98. The molecule has 20 heteroatoms. The summed E-state index contributed by atoms with van der Waals surface area (Å²) >= 11 is 0. The molecule has 0 saturated carbocycles. The van der Waals surface area contributed by atoms with Crippen LogP contribution in [0.4, 0.5) is 4.79 Å². The summed E-state index contributed by atoms with van der Waals surface area (Å²) < 4.78 is 86.6. The van der Waals surface area contributed by atoms with Crippen molar-refractivity contribution in [2.24, 2.45) is 0 Å². The van der Waals surface area contributed by atoms with Crippen molar-refractivity contribution in [2.75, 3.05) is 34.4 Å². The van der Waals surface area contributed by atoms with Crippen molar-refractivity contribution in [3.8, 4) is 39.8 Å². The first kappa shape index (κ1) is 47.1. The number of benzene rings is 5. The summed E-state index contributed by atoms with van der Waals surface area (Å²) in [6.07, 6.45) is 1.00. The minimum atomic E-state index is -4.89. The van der Waals surface area contributed by atoms with Crippen LogP contribution in [-0.4, -0.2) is 97.4 Å². The Balaban J connectivity index is 1.42. The van der Waals surface area contributed by atoms with Crippen LogP contribution in [0.1, 0.15) is 43.9 Å². The monoisotopic (exact) mass is 937 g/mol. The van der Waals surface area contributed by atoms with Crippen molar-refractivity contribution in [3.63, 3.8) is 0 Å². The lowest BCUT2D eigenvalue weighted by molar-refractivity contribution is 0.0527. The number of para-hydroxylation sites is 1. The van der Waals surface area contributed by atoms with Crippen LogP contribution >= 0.6 is 0 Å². The van der Waals surface area contributed by atoms with E-state index in [2.05, 4.69) is 30.3 Å². The second-order valence-electron chi connectivity index (χ2n) is 16.1. The van der Waals surface area contributed by atoms with Crippen LogP contribution in [0.3, 0.4) is 0 Å². The van der Waals surface area contributed by atoms with E-state index < -0.39 is 41.5 Å². The number of tetrazole rings is 1. The van der Waals surface area contributed by atoms with Gasteiger partial charge in [-0.3, -0.25) is 0 Å². The van der Waals surface area contributed by atoms with Crippen LogP contribution in [0.25, 0.3) is 33.5 Å². The molecule has 0 radical (unpaired) electrons. The van der Waals surface area contributed by atoms with Crippen molar-refractivity contribution in [1.82, 2.24) is 44.5 Å². The molecule has 346 valence electrons. The molecular formula is C46H51N9O9S2. The number of nitrogens with zero attached hydrogens (tertiary/aromatic N) is 6. The molecule has 0 aliphatic carbocycles. The largest absolute Gasteiger partial charge is 0.497 e.